The molecule has 0 spiro atoms. The van der Waals surface area contributed by atoms with Crippen molar-refractivity contribution in [2.24, 2.45) is 5.41 Å². The summed E-state index contributed by atoms with van der Waals surface area (Å²) in [4.78, 5) is 18.5. The van der Waals surface area contributed by atoms with E-state index in [-0.39, 0.29) is 94.4 Å². The molecule has 3 aliphatic heterocycles. The minimum atomic E-state index is -1.67. The molecule has 5 atom stereocenters. The minimum Gasteiger partial charge on any atom is -0.508 e. The quantitative estimate of drug-likeness (QED) is 0.230. The maximum atomic E-state index is 17.4. The Morgan fingerprint density at radius 1 is 1.05 bits per heavy atom. The van der Waals surface area contributed by atoms with Crippen LogP contribution in [0.4, 0.5) is 14.6 Å². The summed E-state index contributed by atoms with van der Waals surface area (Å²) >= 11 is 0. The van der Waals surface area contributed by atoms with Crippen LogP contribution in [0.5, 0.6) is 17.6 Å². The van der Waals surface area contributed by atoms with E-state index in [0.29, 0.717) is 24.1 Å². The van der Waals surface area contributed by atoms with Gasteiger partial charge in [0, 0.05) is 41.6 Å². The molecule has 1 aliphatic carbocycles. The van der Waals surface area contributed by atoms with E-state index in [1.807, 2.05) is 0 Å². The van der Waals surface area contributed by atoms with Crippen molar-refractivity contribution < 1.29 is 37.9 Å². The Morgan fingerprint density at radius 2 is 1.89 bits per heavy atom. The fraction of sp³-hybridized carbons (Fsp3) is 0.500. The zero-order valence-electron chi connectivity index (χ0n) is 31.1. The Morgan fingerprint density at radius 3 is 2.67 bits per heavy atom. The molecule has 0 radical (unpaired) electrons. The van der Waals surface area contributed by atoms with Crippen molar-refractivity contribution in [3.63, 3.8) is 0 Å². The molecule has 11 nitrogen and oxygen atoms in total. The highest BCUT2D eigenvalue weighted by Crippen LogP contribution is 2.50. The summed E-state index contributed by atoms with van der Waals surface area (Å²) in [6.07, 6.45) is 18.9. The number of ether oxygens (including phenoxy) is 4. The number of terminal acetylenes is 2. The number of piperidine rings is 1. The molecule has 1 saturated carbocycles. The number of aromatic nitrogens is 3. The highest BCUT2D eigenvalue weighted by atomic mass is 19.1. The number of halogens is 2. The standard InChI is InChI=1S/C42H45F2N5O6/c1-5-29-31(43)11-10-26-20-28(50)21-30(33(26)29)36-35(44)37-34(39(45-36)52-4)38(48-16-18-53-24-42(51,6-2)22-48)47-40(46-37)55-23-41-13-7-9-32(41)49(15-8-14-41)27-12-17-54-25(3)19-27/h1-2,10-11,20-21,25,27,32,50-51H,7-9,12-19,22-24H2,3-4H3/t25-,27?,32?,41+,42-/m0/s1. The van der Waals surface area contributed by atoms with Crippen LogP contribution in [0.15, 0.2) is 24.3 Å². The summed E-state index contributed by atoms with van der Waals surface area (Å²) in [5.74, 6) is 3.15. The van der Waals surface area contributed by atoms with Gasteiger partial charge in [0.05, 0.1) is 45.1 Å². The lowest BCUT2D eigenvalue weighted by Crippen LogP contribution is -2.57. The molecular weight excluding hydrogens is 708 g/mol. The first-order valence-electron chi connectivity index (χ1n) is 19.0. The van der Waals surface area contributed by atoms with Crippen LogP contribution in [-0.2, 0) is 9.47 Å². The van der Waals surface area contributed by atoms with E-state index in [0.717, 1.165) is 58.1 Å². The average Bonchev–Trinajstić information content (AvgIpc) is 3.52. The number of phenolic OH excluding ortho intramolecular Hbond substituents is 1. The van der Waals surface area contributed by atoms with E-state index in [1.165, 1.54) is 31.4 Å². The van der Waals surface area contributed by atoms with Crippen LogP contribution in [0.2, 0.25) is 0 Å². The first-order chi connectivity index (χ1) is 26.6. The number of pyridine rings is 1. The number of aliphatic hydroxyl groups is 1. The number of hydrogen-bond acceptors (Lipinski definition) is 11. The number of β-amino-alcohol motifs (C(OH)–C–C–N with tert-alkyl or cyclic N) is 1. The summed E-state index contributed by atoms with van der Waals surface area (Å²) in [5.41, 5.74) is -2.34. The van der Waals surface area contributed by atoms with Gasteiger partial charge in [-0.2, -0.15) is 9.97 Å². The lowest BCUT2D eigenvalue weighted by Gasteiger charge is -2.50. The molecule has 2 aromatic carbocycles. The van der Waals surface area contributed by atoms with Crippen LogP contribution >= 0.6 is 0 Å². The van der Waals surface area contributed by atoms with Crippen molar-refractivity contribution in [1.82, 2.24) is 19.9 Å². The number of anilines is 1. The fourth-order valence-electron chi connectivity index (χ4n) is 9.46. The molecule has 4 aliphatic rings. The van der Waals surface area contributed by atoms with Crippen LogP contribution in [0.1, 0.15) is 57.4 Å². The Hall–Kier alpha value is -4.79. The highest BCUT2D eigenvalue weighted by Gasteiger charge is 2.50. The molecule has 5 heterocycles. The van der Waals surface area contributed by atoms with Crippen molar-refractivity contribution in [2.45, 2.75) is 75.7 Å². The van der Waals surface area contributed by atoms with Crippen LogP contribution in [0, 0.1) is 41.7 Å². The van der Waals surface area contributed by atoms with Crippen molar-refractivity contribution in [1.29, 1.82) is 0 Å². The summed E-state index contributed by atoms with van der Waals surface area (Å²) in [5, 5.41) is 22.7. The molecule has 2 N–H and O–H groups in total. The minimum absolute atomic E-state index is 0.0464. The monoisotopic (exact) mass is 753 g/mol. The van der Waals surface area contributed by atoms with Gasteiger partial charge in [0.25, 0.3) is 0 Å². The molecule has 55 heavy (non-hydrogen) atoms. The van der Waals surface area contributed by atoms with E-state index in [1.54, 1.807) is 4.90 Å². The zero-order chi connectivity index (χ0) is 38.5. The van der Waals surface area contributed by atoms with Gasteiger partial charge in [0.15, 0.2) is 11.4 Å². The number of methoxy groups -OCH3 is 1. The van der Waals surface area contributed by atoms with Crippen molar-refractivity contribution >= 4 is 27.5 Å². The summed E-state index contributed by atoms with van der Waals surface area (Å²) in [6.45, 7) is 4.50. The van der Waals surface area contributed by atoms with Gasteiger partial charge < -0.3 is 34.1 Å². The van der Waals surface area contributed by atoms with Gasteiger partial charge >= 0.3 is 6.01 Å². The smallest absolute Gasteiger partial charge is 0.319 e. The first kappa shape index (κ1) is 37.1. The second kappa shape index (κ2) is 14.7. The molecular formula is C42H45F2N5O6. The molecule has 4 aromatic rings. The molecule has 4 fully saturated rings. The number of phenols is 1. The van der Waals surface area contributed by atoms with Crippen molar-refractivity contribution in [2.75, 3.05) is 58.1 Å². The zero-order valence-corrected chi connectivity index (χ0v) is 31.1. The topological polar surface area (TPSA) is 123 Å². The number of hydrogen-bond donors (Lipinski definition) is 2. The van der Waals surface area contributed by atoms with Gasteiger partial charge in [0.1, 0.15) is 34.0 Å². The number of fused-ring (bicyclic) bond motifs is 3. The van der Waals surface area contributed by atoms with E-state index in [4.69, 9.17) is 36.8 Å². The number of benzene rings is 2. The third kappa shape index (κ3) is 6.67. The normalized spacial score (nSPS) is 27.3. The van der Waals surface area contributed by atoms with E-state index in [9.17, 15) is 10.2 Å². The van der Waals surface area contributed by atoms with Crippen LogP contribution in [0.25, 0.3) is 32.9 Å². The first-order valence-corrected chi connectivity index (χ1v) is 19.0. The maximum Gasteiger partial charge on any atom is 0.319 e. The Bertz CT molecular complexity index is 2230. The van der Waals surface area contributed by atoms with Crippen LogP contribution in [0.3, 0.4) is 0 Å². The summed E-state index contributed by atoms with van der Waals surface area (Å²) < 4.78 is 56.4. The summed E-state index contributed by atoms with van der Waals surface area (Å²) in [6, 6.07) is 6.05. The predicted octanol–water partition coefficient (Wildman–Crippen LogP) is 5.60. The lowest BCUT2D eigenvalue weighted by atomic mass is 9.74. The number of rotatable bonds is 7. The third-order valence-electron chi connectivity index (χ3n) is 12.0. The molecule has 2 unspecified atom stereocenters. The fourth-order valence-corrected chi connectivity index (χ4v) is 9.46. The second-order valence-corrected chi connectivity index (χ2v) is 15.4. The maximum absolute atomic E-state index is 17.4. The molecule has 8 rings (SSSR count). The van der Waals surface area contributed by atoms with Gasteiger partial charge in [-0.1, -0.05) is 24.3 Å². The Labute approximate surface area is 319 Å². The third-order valence-corrected chi connectivity index (χ3v) is 12.0. The van der Waals surface area contributed by atoms with Crippen LogP contribution in [-0.4, -0.2) is 107 Å². The van der Waals surface area contributed by atoms with Gasteiger partial charge in [-0.05, 0) is 75.6 Å². The lowest BCUT2D eigenvalue weighted by molar-refractivity contribution is -0.0701. The number of aromatic hydroxyl groups is 1. The second-order valence-electron chi connectivity index (χ2n) is 15.4. The van der Waals surface area contributed by atoms with Crippen molar-refractivity contribution in [3.8, 4) is 53.6 Å². The molecule has 3 saturated heterocycles. The predicted molar refractivity (Wildman–Crippen MR) is 203 cm³/mol. The van der Waals surface area contributed by atoms with E-state index >= 15 is 8.78 Å². The SMILES string of the molecule is C#Cc1c(F)ccc2cc(O)cc(-c3nc(OC)c4c(N5CCOC[C@](O)(C#C)C5)nc(OC[C@]56CCCC5N(C5CCO[C@@H](C)C5)CCC6)nc4c3F)c12. The summed E-state index contributed by atoms with van der Waals surface area (Å²) in [7, 11) is 1.38. The molecule has 0 bridgehead atoms. The van der Waals surface area contributed by atoms with Crippen LogP contribution < -0.4 is 14.4 Å². The van der Waals surface area contributed by atoms with E-state index in [2.05, 4.69) is 33.6 Å². The van der Waals surface area contributed by atoms with Gasteiger partial charge in [-0.25, -0.2) is 13.8 Å². The molecule has 13 heteroatoms. The number of nitrogens with zero attached hydrogens (tertiary/aromatic N) is 5. The van der Waals surface area contributed by atoms with E-state index < -0.39 is 17.2 Å². The Balaban J connectivity index is 1.27. The highest BCUT2D eigenvalue weighted by molar-refractivity contribution is 6.04. The molecule has 2 aromatic heterocycles. The van der Waals surface area contributed by atoms with Gasteiger partial charge in [0.2, 0.25) is 5.88 Å². The Kier molecular flexibility index (Phi) is 9.93. The van der Waals surface area contributed by atoms with Gasteiger partial charge in [-0.3, -0.25) is 4.90 Å². The van der Waals surface area contributed by atoms with Gasteiger partial charge in [-0.15, -0.1) is 12.8 Å². The average molecular weight is 754 g/mol. The molecule has 0 amide bonds. The van der Waals surface area contributed by atoms with Crippen molar-refractivity contribution in [3.05, 3.63) is 41.5 Å². The number of likely N-dealkylation sites (tertiary alicyclic amines) is 1. The largest absolute Gasteiger partial charge is 0.508 e. The molecule has 288 valence electrons.